The average Bonchev–Trinajstić information content (AvgIpc) is 3.20. The van der Waals surface area contributed by atoms with Crippen LogP contribution in [0.25, 0.3) is 11.3 Å². The standard InChI is InChI=1S/C23H29N3O3/c1-17-5-10-20(29-17)18-6-8-19(9-7-18)21(27)25-15-11-23(12-16-25,22(24)28)26-13-3-2-4-14-26/h5-10H,2-4,11-16H2,1H3,(H2,24,28). The van der Waals surface area contributed by atoms with Crippen LogP contribution in [0.2, 0.25) is 0 Å². The summed E-state index contributed by atoms with van der Waals surface area (Å²) in [6.45, 7) is 4.86. The number of carbonyl (C=O) groups excluding carboxylic acids is 2. The largest absolute Gasteiger partial charge is 0.461 e. The van der Waals surface area contributed by atoms with Crippen LogP contribution in [0.1, 0.15) is 48.2 Å². The van der Waals surface area contributed by atoms with Crippen LogP contribution in [-0.2, 0) is 4.79 Å². The van der Waals surface area contributed by atoms with Gasteiger partial charge < -0.3 is 15.1 Å². The summed E-state index contributed by atoms with van der Waals surface area (Å²) < 4.78 is 5.65. The van der Waals surface area contributed by atoms with Crippen molar-refractivity contribution in [1.82, 2.24) is 9.80 Å². The Morgan fingerprint density at radius 2 is 1.59 bits per heavy atom. The molecule has 4 rings (SSSR count). The summed E-state index contributed by atoms with van der Waals surface area (Å²) >= 11 is 0. The van der Waals surface area contributed by atoms with Crippen molar-refractivity contribution in [2.24, 2.45) is 5.73 Å². The summed E-state index contributed by atoms with van der Waals surface area (Å²) in [6, 6.07) is 11.4. The van der Waals surface area contributed by atoms with Gasteiger partial charge in [-0.25, -0.2) is 0 Å². The van der Waals surface area contributed by atoms with E-state index in [0.717, 1.165) is 43.0 Å². The van der Waals surface area contributed by atoms with Crippen LogP contribution in [0.5, 0.6) is 0 Å². The van der Waals surface area contributed by atoms with E-state index in [-0.39, 0.29) is 11.8 Å². The molecule has 0 bridgehead atoms. The number of carbonyl (C=O) groups is 2. The first-order chi connectivity index (χ1) is 14.0. The molecule has 2 aliphatic heterocycles. The van der Waals surface area contributed by atoms with Crippen molar-refractivity contribution < 1.29 is 14.0 Å². The molecule has 2 aliphatic rings. The fourth-order valence-electron chi connectivity index (χ4n) is 4.67. The molecule has 0 saturated carbocycles. The zero-order chi connectivity index (χ0) is 20.4. The zero-order valence-corrected chi connectivity index (χ0v) is 17.0. The van der Waals surface area contributed by atoms with E-state index in [1.807, 2.05) is 48.2 Å². The molecule has 0 atom stereocenters. The number of primary amides is 1. The van der Waals surface area contributed by atoms with Crippen LogP contribution in [0, 0.1) is 6.92 Å². The van der Waals surface area contributed by atoms with Gasteiger partial charge in [0.2, 0.25) is 5.91 Å². The molecule has 2 amide bonds. The van der Waals surface area contributed by atoms with Gasteiger partial charge in [0.25, 0.3) is 5.91 Å². The second kappa shape index (κ2) is 8.03. The van der Waals surface area contributed by atoms with E-state index in [1.165, 1.54) is 6.42 Å². The molecular weight excluding hydrogens is 366 g/mol. The highest BCUT2D eigenvalue weighted by Gasteiger charge is 2.45. The highest BCUT2D eigenvalue weighted by Crippen LogP contribution is 2.32. The van der Waals surface area contributed by atoms with Crippen molar-refractivity contribution in [3.8, 4) is 11.3 Å². The van der Waals surface area contributed by atoms with Gasteiger partial charge in [0.1, 0.15) is 17.1 Å². The lowest BCUT2D eigenvalue weighted by molar-refractivity contribution is -0.134. The van der Waals surface area contributed by atoms with Crippen LogP contribution in [0.4, 0.5) is 0 Å². The molecule has 0 unspecified atom stereocenters. The van der Waals surface area contributed by atoms with Crippen LogP contribution >= 0.6 is 0 Å². The van der Waals surface area contributed by atoms with E-state index in [9.17, 15) is 9.59 Å². The van der Waals surface area contributed by atoms with Gasteiger partial charge in [-0.05, 0) is 70.0 Å². The van der Waals surface area contributed by atoms with Crippen LogP contribution < -0.4 is 5.73 Å². The summed E-state index contributed by atoms with van der Waals surface area (Å²) in [6.07, 6.45) is 4.65. The molecule has 2 saturated heterocycles. The molecule has 0 radical (unpaired) electrons. The van der Waals surface area contributed by atoms with Gasteiger partial charge in [0.15, 0.2) is 0 Å². The first kappa shape index (κ1) is 19.7. The maximum atomic E-state index is 13.0. The predicted molar refractivity (Wildman–Crippen MR) is 111 cm³/mol. The Bertz CT molecular complexity index is 873. The normalized spacial score (nSPS) is 19.8. The van der Waals surface area contributed by atoms with Crippen LogP contribution in [-0.4, -0.2) is 53.3 Å². The Morgan fingerprint density at radius 1 is 0.931 bits per heavy atom. The predicted octanol–water partition coefficient (Wildman–Crippen LogP) is 3.20. The Labute approximate surface area is 171 Å². The van der Waals surface area contributed by atoms with Gasteiger partial charge in [-0.2, -0.15) is 0 Å². The molecule has 2 N–H and O–H groups in total. The molecule has 0 spiro atoms. The summed E-state index contributed by atoms with van der Waals surface area (Å²) in [5, 5.41) is 0. The molecule has 29 heavy (non-hydrogen) atoms. The Balaban J connectivity index is 1.43. The van der Waals surface area contributed by atoms with Gasteiger partial charge in [-0.15, -0.1) is 0 Å². The average molecular weight is 396 g/mol. The Kier molecular flexibility index (Phi) is 5.46. The minimum Gasteiger partial charge on any atom is -0.461 e. The van der Waals surface area contributed by atoms with E-state index in [0.29, 0.717) is 31.5 Å². The molecule has 6 nitrogen and oxygen atoms in total. The third-order valence-corrected chi connectivity index (χ3v) is 6.45. The molecule has 1 aromatic carbocycles. The molecule has 2 fully saturated rings. The van der Waals surface area contributed by atoms with Crippen LogP contribution in [0.15, 0.2) is 40.8 Å². The molecule has 2 aromatic rings. The SMILES string of the molecule is Cc1ccc(-c2ccc(C(=O)N3CCC(C(N)=O)(N4CCCCC4)CC3)cc2)o1. The van der Waals surface area contributed by atoms with Gasteiger partial charge in [0, 0.05) is 24.2 Å². The Hall–Kier alpha value is -2.60. The van der Waals surface area contributed by atoms with E-state index < -0.39 is 5.54 Å². The van der Waals surface area contributed by atoms with Crippen LogP contribution in [0.3, 0.4) is 0 Å². The van der Waals surface area contributed by atoms with Crippen molar-refractivity contribution in [3.63, 3.8) is 0 Å². The maximum absolute atomic E-state index is 13.0. The second-order valence-corrected chi connectivity index (χ2v) is 8.22. The van der Waals surface area contributed by atoms with E-state index >= 15 is 0 Å². The maximum Gasteiger partial charge on any atom is 0.253 e. The van der Waals surface area contributed by atoms with Crippen molar-refractivity contribution in [2.45, 2.75) is 44.6 Å². The number of aryl methyl sites for hydroxylation is 1. The molecule has 6 heteroatoms. The topological polar surface area (TPSA) is 79.8 Å². The number of rotatable bonds is 4. The van der Waals surface area contributed by atoms with Crippen molar-refractivity contribution >= 4 is 11.8 Å². The van der Waals surface area contributed by atoms with Crippen molar-refractivity contribution in [3.05, 3.63) is 47.7 Å². The fourth-order valence-corrected chi connectivity index (χ4v) is 4.67. The van der Waals surface area contributed by atoms with E-state index in [1.54, 1.807) is 0 Å². The molecule has 0 aliphatic carbocycles. The number of nitrogens with zero attached hydrogens (tertiary/aromatic N) is 2. The summed E-state index contributed by atoms with van der Waals surface area (Å²) in [5.41, 5.74) is 6.85. The second-order valence-electron chi connectivity index (χ2n) is 8.22. The number of hydrogen-bond acceptors (Lipinski definition) is 4. The Morgan fingerprint density at radius 3 is 2.14 bits per heavy atom. The van der Waals surface area contributed by atoms with Gasteiger partial charge in [-0.1, -0.05) is 18.6 Å². The third-order valence-electron chi connectivity index (χ3n) is 6.45. The molecule has 3 heterocycles. The smallest absolute Gasteiger partial charge is 0.253 e. The van der Waals surface area contributed by atoms with Gasteiger partial charge >= 0.3 is 0 Å². The monoisotopic (exact) mass is 395 g/mol. The summed E-state index contributed by atoms with van der Waals surface area (Å²) in [4.78, 5) is 29.5. The number of benzene rings is 1. The number of nitrogens with two attached hydrogens (primary N) is 1. The third kappa shape index (κ3) is 3.81. The lowest BCUT2D eigenvalue weighted by atomic mass is 9.83. The first-order valence-electron chi connectivity index (χ1n) is 10.5. The number of amides is 2. The lowest BCUT2D eigenvalue weighted by Gasteiger charge is -2.48. The minimum atomic E-state index is -0.599. The number of hydrogen-bond donors (Lipinski definition) is 1. The number of likely N-dealkylation sites (tertiary alicyclic amines) is 2. The quantitative estimate of drug-likeness (QED) is 0.862. The highest BCUT2D eigenvalue weighted by atomic mass is 16.3. The van der Waals surface area contributed by atoms with Crippen molar-refractivity contribution in [1.29, 1.82) is 0 Å². The molecule has 1 aromatic heterocycles. The summed E-state index contributed by atoms with van der Waals surface area (Å²) in [7, 11) is 0. The highest BCUT2D eigenvalue weighted by molar-refractivity contribution is 5.95. The molecular formula is C23H29N3O3. The summed E-state index contributed by atoms with van der Waals surface area (Å²) in [5.74, 6) is 1.42. The number of piperidine rings is 2. The minimum absolute atomic E-state index is 0.00360. The molecule has 154 valence electrons. The zero-order valence-electron chi connectivity index (χ0n) is 17.0. The lowest BCUT2D eigenvalue weighted by Crippen LogP contribution is -2.63. The van der Waals surface area contributed by atoms with Crippen molar-refractivity contribution in [2.75, 3.05) is 26.2 Å². The van der Waals surface area contributed by atoms with E-state index in [2.05, 4.69) is 4.90 Å². The first-order valence-corrected chi connectivity index (χ1v) is 10.5. The van der Waals surface area contributed by atoms with Gasteiger partial charge in [0.05, 0.1) is 0 Å². The fraction of sp³-hybridized carbons (Fsp3) is 0.478. The van der Waals surface area contributed by atoms with E-state index in [4.69, 9.17) is 10.2 Å². The van der Waals surface area contributed by atoms with Gasteiger partial charge in [-0.3, -0.25) is 14.5 Å². The number of furan rings is 1.